The lowest BCUT2D eigenvalue weighted by molar-refractivity contribution is 0.597. The number of benzene rings is 1. The van der Waals surface area contributed by atoms with Gasteiger partial charge in [0, 0.05) is 18.6 Å². The van der Waals surface area contributed by atoms with E-state index >= 15 is 0 Å². The highest BCUT2D eigenvalue weighted by molar-refractivity contribution is 7.90. The van der Waals surface area contributed by atoms with Crippen molar-refractivity contribution in [1.29, 1.82) is 0 Å². The van der Waals surface area contributed by atoms with E-state index in [1.54, 1.807) is 24.5 Å². The van der Waals surface area contributed by atoms with E-state index in [0.29, 0.717) is 17.0 Å². The zero-order valence-corrected chi connectivity index (χ0v) is 13.4. The number of pyridine rings is 1. The Morgan fingerprint density at radius 2 is 1.78 bits per heavy atom. The Hall–Kier alpha value is -2.54. The van der Waals surface area contributed by atoms with Crippen LogP contribution in [0.25, 0.3) is 11.2 Å². The average molecular weight is 328 g/mol. The van der Waals surface area contributed by atoms with Crippen molar-refractivity contribution in [1.82, 2.24) is 15.0 Å². The van der Waals surface area contributed by atoms with Crippen molar-refractivity contribution >= 4 is 26.8 Å². The van der Waals surface area contributed by atoms with Crippen molar-refractivity contribution in [2.75, 3.05) is 17.3 Å². The maximum atomic E-state index is 11.7. The Morgan fingerprint density at radius 1 is 1.04 bits per heavy atom. The molecule has 0 saturated carbocycles. The van der Waals surface area contributed by atoms with Gasteiger partial charge in [0.2, 0.25) is 0 Å². The van der Waals surface area contributed by atoms with E-state index < -0.39 is 9.84 Å². The molecule has 2 heterocycles. The molecule has 0 amide bonds. The minimum absolute atomic E-state index is 0.0167. The minimum atomic E-state index is -3.15. The molecule has 6 nitrogen and oxygen atoms in total. The highest BCUT2D eigenvalue weighted by Gasteiger charge is 2.18. The zero-order chi connectivity index (χ0) is 16.3. The highest BCUT2D eigenvalue weighted by Crippen LogP contribution is 2.21. The summed E-state index contributed by atoms with van der Waals surface area (Å²) in [5, 5.41) is 3.19. The molecule has 2 aromatic heterocycles. The Morgan fingerprint density at radius 3 is 2.52 bits per heavy atom. The number of aromatic nitrogens is 3. The Balaban J connectivity index is 1.93. The number of anilines is 1. The molecule has 0 saturated heterocycles. The second-order valence-electron chi connectivity index (χ2n) is 5.30. The molecule has 0 aliphatic carbocycles. The third-order valence-electron chi connectivity index (χ3n) is 3.33. The average Bonchev–Trinajstić information content (AvgIpc) is 2.54. The van der Waals surface area contributed by atoms with Crippen molar-refractivity contribution in [3.05, 3.63) is 60.4 Å². The summed E-state index contributed by atoms with van der Waals surface area (Å²) in [6, 6.07) is 12.6. The molecule has 1 aromatic carbocycles. The molecule has 118 valence electrons. The van der Waals surface area contributed by atoms with Crippen LogP contribution in [0.1, 0.15) is 11.6 Å². The quantitative estimate of drug-likeness (QED) is 0.773. The van der Waals surface area contributed by atoms with Gasteiger partial charge >= 0.3 is 0 Å². The predicted octanol–water partition coefficient (Wildman–Crippen LogP) is 2.22. The van der Waals surface area contributed by atoms with E-state index in [1.807, 2.05) is 30.3 Å². The number of hydrogen-bond donors (Lipinski definition) is 1. The van der Waals surface area contributed by atoms with E-state index in [2.05, 4.69) is 20.3 Å². The molecule has 0 aliphatic heterocycles. The number of sulfone groups is 1. The molecule has 0 aliphatic rings. The summed E-state index contributed by atoms with van der Waals surface area (Å²) in [5.74, 6) is 0.549. The normalized spacial score (nSPS) is 12.9. The van der Waals surface area contributed by atoms with E-state index in [4.69, 9.17) is 0 Å². The van der Waals surface area contributed by atoms with Crippen molar-refractivity contribution in [2.24, 2.45) is 0 Å². The first kappa shape index (κ1) is 15.4. The number of nitrogens with one attached hydrogen (secondary N) is 1. The van der Waals surface area contributed by atoms with E-state index in [9.17, 15) is 8.42 Å². The summed E-state index contributed by atoms with van der Waals surface area (Å²) in [4.78, 5) is 12.7. The summed E-state index contributed by atoms with van der Waals surface area (Å²) >= 11 is 0. The molecule has 1 atom stereocenters. The molecule has 0 fully saturated rings. The molecular formula is C16H16N4O2S. The molecule has 3 aromatic rings. The van der Waals surface area contributed by atoms with Crippen LogP contribution in [0.3, 0.4) is 0 Å². The van der Waals surface area contributed by atoms with Gasteiger partial charge in [-0.1, -0.05) is 30.3 Å². The van der Waals surface area contributed by atoms with Crippen LogP contribution in [-0.2, 0) is 9.84 Å². The van der Waals surface area contributed by atoms with Crippen molar-refractivity contribution in [3.63, 3.8) is 0 Å². The SMILES string of the molecule is CS(=O)(=O)CC(Nc1ccc2nccnc2n1)c1ccccc1. The molecule has 7 heteroatoms. The third-order valence-corrected chi connectivity index (χ3v) is 4.26. The first-order valence-corrected chi connectivity index (χ1v) is 9.14. The molecule has 3 rings (SSSR count). The van der Waals surface area contributed by atoms with Gasteiger partial charge in [-0.05, 0) is 17.7 Å². The number of rotatable bonds is 5. The van der Waals surface area contributed by atoms with Crippen LogP contribution in [0, 0.1) is 0 Å². The summed E-state index contributed by atoms with van der Waals surface area (Å²) < 4.78 is 23.5. The van der Waals surface area contributed by atoms with Crippen LogP contribution >= 0.6 is 0 Å². The number of fused-ring (bicyclic) bond motifs is 1. The molecule has 0 radical (unpaired) electrons. The number of nitrogens with zero attached hydrogens (tertiary/aromatic N) is 3. The highest BCUT2D eigenvalue weighted by atomic mass is 32.2. The van der Waals surface area contributed by atoms with Gasteiger partial charge in [-0.15, -0.1) is 0 Å². The van der Waals surface area contributed by atoms with E-state index in [0.717, 1.165) is 5.56 Å². The van der Waals surface area contributed by atoms with Gasteiger partial charge in [0.1, 0.15) is 21.2 Å². The largest absolute Gasteiger partial charge is 0.362 e. The lowest BCUT2D eigenvalue weighted by Gasteiger charge is -2.19. The molecule has 1 N–H and O–H groups in total. The van der Waals surface area contributed by atoms with Crippen molar-refractivity contribution in [3.8, 4) is 0 Å². The second-order valence-corrected chi connectivity index (χ2v) is 7.48. The van der Waals surface area contributed by atoms with E-state index in [1.165, 1.54) is 6.26 Å². The zero-order valence-electron chi connectivity index (χ0n) is 12.5. The lowest BCUT2D eigenvalue weighted by Crippen LogP contribution is -2.21. The van der Waals surface area contributed by atoms with Crippen LogP contribution in [0.4, 0.5) is 5.82 Å². The molecule has 0 spiro atoms. The van der Waals surface area contributed by atoms with E-state index in [-0.39, 0.29) is 11.8 Å². The molecule has 0 bridgehead atoms. The maximum absolute atomic E-state index is 11.7. The van der Waals surface area contributed by atoms with Crippen LogP contribution in [0.2, 0.25) is 0 Å². The van der Waals surface area contributed by atoms with Gasteiger partial charge in [0.25, 0.3) is 0 Å². The van der Waals surface area contributed by atoms with Crippen molar-refractivity contribution in [2.45, 2.75) is 6.04 Å². The van der Waals surface area contributed by atoms with Gasteiger partial charge in [-0.2, -0.15) is 0 Å². The molecule has 1 unspecified atom stereocenters. The van der Waals surface area contributed by atoms with Gasteiger partial charge in [0.05, 0.1) is 11.8 Å². The fourth-order valence-corrected chi connectivity index (χ4v) is 3.20. The first-order chi connectivity index (χ1) is 11.0. The topological polar surface area (TPSA) is 84.8 Å². The number of hydrogen-bond acceptors (Lipinski definition) is 6. The Kier molecular flexibility index (Phi) is 4.20. The third kappa shape index (κ3) is 4.01. The predicted molar refractivity (Wildman–Crippen MR) is 89.8 cm³/mol. The fourth-order valence-electron chi connectivity index (χ4n) is 2.32. The van der Waals surface area contributed by atoms with Crippen LogP contribution < -0.4 is 5.32 Å². The summed E-state index contributed by atoms with van der Waals surface area (Å²) in [5.41, 5.74) is 2.10. The van der Waals surface area contributed by atoms with Crippen molar-refractivity contribution < 1.29 is 8.42 Å². The smallest absolute Gasteiger partial charge is 0.180 e. The summed E-state index contributed by atoms with van der Waals surface area (Å²) in [6.45, 7) is 0. The summed E-state index contributed by atoms with van der Waals surface area (Å²) in [7, 11) is -3.15. The van der Waals surface area contributed by atoms with Gasteiger partial charge in [-0.25, -0.2) is 18.4 Å². The van der Waals surface area contributed by atoms with Crippen LogP contribution in [0.5, 0.6) is 0 Å². The molecular weight excluding hydrogens is 312 g/mol. The maximum Gasteiger partial charge on any atom is 0.180 e. The standard InChI is InChI=1S/C16H16N4O2S/c1-23(21,22)11-14(12-5-3-2-4-6-12)19-15-8-7-13-16(20-15)18-10-9-17-13/h2-10,14H,11H2,1H3,(H,18,19,20). The monoisotopic (exact) mass is 328 g/mol. The fraction of sp³-hybridized carbons (Fsp3) is 0.188. The van der Waals surface area contributed by atoms with Gasteiger partial charge < -0.3 is 5.32 Å². The summed E-state index contributed by atoms with van der Waals surface area (Å²) in [6.07, 6.45) is 4.40. The lowest BCUT2D eigenvalue weighted by atomic mass is 10.1. The van der Waals surface area contributed by atoms with Crippen LogP contribution in [0.15, 0.2) is 54.9 Å². The second kappa shape index (κ2) is 6.29. The first-order valence-electron chi connectivity index (χ1n) is 7.08. The van der Waals surface area contributed by atoms with Gasteiger partial charge in [-0.3, -0.25) is 4.98 Å². The minimum Gasteiger partial charge on any atom is -0.362 e. The molecule has 23 heavy (non-hydrogen) atoms. The Labute approximate surface area is 134 Å². The van der Waals surface area contributed by atoms with Crippen LogP contribution in [-0.4, -0.2) is 35.4 Å². The Bertz CT molecular complexity index is 914. The van der Waals surface area contributed by atoms with Gasteiger partial charge in [0.15, 0.2) is 5.65 Å².